The molecule has 0 saturated heterocycles. The van der Waals surface area contributed by atoms with Gasteiger partial charge in [-0.15, -0.1) is 0 Å². The number of carbonyl (C=O) groups is 2. The van der Waals surface area contributed by atoms with Crippen LogP contribution in [0.2, 0.25) is 0 Å². The van der Waals surface area contributed by atoms with Gasteiger partial charge in [-0.1, -0.05) is 36.9 Å². The minimum absolute atomic E-state index is 0.0571. The van der Waals surface area contributed by atoms with Crippen LogP contribution in [0.15, 0.2) is 67.3 Å². The second-order valence-electron chi connectivity index (χ2n) is 4.55. The molecule has 0 saturated carbocycles. The lowest BCUT2D eigenvalue weighted by Gasteiger charge is -2.14. The van der Waals surface area contributed by atoms with E-state index in [9.17, 15) is 9.59 Å². The minimum Gasteiger partial charge on any atom is -0.455 e. The lowest BCUT2D eigenvalue weighted by molar-refractivity contribution is -0.154. The highest BCUT2D eigenvalue weighted by Gasteiger charge is 2.10. The number of ketones is 1. The third kappa shape index (κ3) is 4.06. The van der Waals surface area contributed by atoms with Gasteiger partial charge in [0.2, 0.25) is 6.29 Å². The molecule has 0 aliphatic rings. The van der Waals surface area contributed by atoms with Crippen molar-refractivity contribution in [2.75, 3.05) is 0 Å². The summed E-state index contributed by atoms with van der Waals surface area (Å²) in [4.78, 5) is 23.3. The molecule has 0 radical (unpaired) electrons. The molecular formula is C18H16O4. The van der Waals surface area contributed by atoms with Crippen molar-refractivity contribution >= 4 is 11.8 Å². The van der Waals surface area contributed by atoms with Crippen LogP contribution in [0, 0.1) is 0 Å². The molecule has 0 heterocycles. The van der Waals surface area contributed by atoms with Crippen LogP contribution in [0.4, 0.5) is 0 Å². The lowest BCUT2D eigenvalue weighted by atomic mass is 10.0. The molecule has 0 aromatic heterocycles. The van der Waals surface area contributed by atoms with Gasteiger partial charge in [-0.3, -0.25) is 4.79 Å². The second-order valence-corrected chi connectivity index (χ2v) is 4.55. The number of hydrogen-bond acceptors (Lipinski definition) is 4. The number of carbonyl (C=O) groups excluding carboxylic acids is 2. The Morgan fingerprint density at radius 1 is 1.00 bits per heavy atom. The van der Waals surface area contributed by atoms with Crippen molar-refractivity contribution in [1.29, 1.82) is 0 Å². The smallest absolute Gasteiger partial charge is 0.333 e. The van der Waals surface area contributed by atoms with Crippen LogP contribution in [-0.2, 0) is 9.53 Å². The molecule has 2 aromatic carbocycles. The Balaban J connectivity index is 2.03. The van der Waals surface area contributed by atoms with Crippen LogP contribution < -0.4 is 4.74 Å². The standard InChI is InChI=1S/C18H16O4/c1-3-17(19)22-13(2)21-16-11-9-15(10-12-16)18(20)14-7-5-4-6-8-14/h3-13H,1H2,2H3. The number of rotatable bonds is 6. The molecule has 0 fully saturated rings. The first-order valence-corrected chi connectivity index (χ1v) is 6.79. The molecule has 2 aromatic rings. The summed E-state index contributed by atoms with van der Waals surface area (Å²) in [5.41, 5.74) is 1.19. The van der Waals surface area contributed by atoms with Gasteiger partial charge in [0, 0.05) is 24.1 Å². The maximum absolute atomic E-state index is 12.2. The molecule has 1 atom stereocenters. The SMILES string of the molecule is C=CC(=O)OC(C)Oc1ccc(C(=O)c2ccccc2)cc1. The van der Waals surface area contributed by atoms with E-state index < -0.39 is 12.3 Å². The number of ether oxygens (including phenoxy) is 2. The van der Waals surface area contributed by atoms with E-state index in [1.54, 1.807) is 43.3 Å². The Morgan fingerprint density at radius 2 is 1.59 bits per heavy atom. The molecule has 0 spiro atoms. The maximum atomic E-state index is 12.2. The van der Waals surface area contributed by atoms with E-state index >= 15 is 0 Å². The fraction of sp³-hybridized carbons (Fsp3) is 0.111. The van der Waals surface area contributed by atoms with Crippen LogP contribution >= 0.6 is 0 Å². The fourth-order valence-electron chi connectivity index (χ4n) is 1.87. The second kappa shape index (κ2) is 7.22. The highest BCUT2D eigenvalue weighted by molar-refractivity contribution is 6.08. The molecule has 2 rings (SSSR count). The molecule has 4 nitrogen and oxygen atoms in total. The zero-order chi connectivity index (χ0) is 15.9. The van der Waals surface area contributed by atoms with Crippen molar-refractivity contribution in [3.05, 3.63) is 78.4 Å². The summed E-state index contributed by atoms with van der Waals surface area (Å²) in [6.45, 7) is 4.91. The first-order valence-electron chi connectivity index (χ1n) is 6.79. The molecule has 0 aliphatic heterocycles. The lowest BCUT2D eigenvalue weighted by Crippen LogP contribution is -2.19. The van der Waals surface area contributed by atoms with E-state index in [4.69, 9.17) is 9.47 Å². The van der Waals surface area contributed by atoms with Crippen LogP contribution in [0.5, 0.6) is 5.75 Å². The van der Waals surface area contributed by atoms with Gasteiger partial charge in [0.15, 0.2) is 5.78 Å². The molecule has 4 heteroatoms. The fourth-order valence-corrected chi connectivity index (χ4v) is 1.87. The van der Waals surface area contributed by atoms with Gasteiger partial charge < -0.3 is 9.47 Å². The van der Waals surface area contributed by atoms with Crippen molar-refractivity contribution in [3.63, 3.8) is 0 Å². The zero-order valence-electron chi connectivity index (χ0n) is 12.2. The average molecular weight is 296 g/mol. The van der Waals surface area contributed by atoms with Crippen molar-refractivity contribution in [3.8, 4) is 5.75 Å². The zero-order valence-corrected chi connectivity index (χ0v) is 12.2. The summed E-state index contributed by atoms with van der Waals surface area (Å²) in [5, 5.41) is 0. The normalized spacial score (nSPS) is 11.3. The van der Waals surface area contributed by atoms with Crippen molar-refractivity contribution in [2.24, 2.45) is 0 Å². The number of hydrogen-bond donors (Lipinski definition) is 0. The Hall–Kier alpha value is -2.88. The Morgan fingerprint density at radius 3 is 2.18 bits per heavy atom. The van der Waals surface area contributed by atoms with Crippen LogP contribution in [-0.4, -0.2) is 18.0 Å². The number of benzene rings is 2. The molecule has 1 unspecified atom stereocenters. The van der Waals surface area contributed by atoms with Gasteiger partial charge in [0.25, 0.3) is 0 Å². The molecule has 22 heavy (non-hydrogen) atoms. The Kier molecular flexibility index (Phi) is 5.09. The van der Waals surface area contributed by atoms with Gasteiger partial charge in [-0.2, -0.15) is 0 Å². The van der Waals surface area contributed by atoms with E-state index in [1.807, 2.05) is 18.2 Å². The monoisotopic (exact) mass is 296 g/mol. The molecule has 0 bridgehead atoms. The first kappa shape index (κ1) is 15.5. The summed E-state index contributed by atoms with van der Waals surface area (Å²) < 4.78 is 10.3. The van der Waals surface area contributed by atoms with Gasteiger partial charge >= 0.3 is 5.97 Å². The first-order chi connectivity index (χ1) is 10.6. The van der Waals surface area contributed by atoms with Gasteiger partial charge in [0.05, 0.1) is 0 Å². The predicted molar refractivity (Wildman–Crippen MR) is 82.7 cm³/mol. The Labute approximate surface area is 129 Å². The van der Waals surface area contributed by atoms with Gasteiger partial charge in [0.1, 0.15) is 5.75 Å². The van der Waals surface area contributed by atoms with Crippen molar-refractivity contribution < 1.29 is 19.1 Å². The third-order valence-corrected chi connectivity index (χ3v) is 2.90. The van der Waals surface area contributed by atoms with Crippen LogP contribution in [0.25, 0.3) is 0 Å². The molecule has 0 amide bonds. The molecular weight excluding hydrogens is 280 g/mol. The van der Waals surface area contributed by atoms with E-state index in [-0.39, 0.29) is 5.78 Å². The van der Waals surface area contributed by atoms with Gasteiger partial charge in [-0.25, -0.2) is 4.79 Å². The van der Waals surface area contributed by atoms with E-state index in [2.05, 4.69) is 6.58 Å². The van der Waals surface area contributed by atoms with E-state index in [1.165, 1.54) is 0 Å². The van der Waals surface area contributed by atoms with E-state index in [0.717, 1.165) is 6.08 Å². The van der Waals surface area contributed by atoms with Crippen molar-refractivity contribution in [1.82, 2.24) is 0 Å². The summed E-state index contributed by atoms with van der Waals surface area (Å²) in [7, 11) is 0. The molecule has 0 aliphatic carbocycles. The van der Waals surface area contributed by atoms with E-state index in [0.29, 0.717) is 16.9 Å². The number of esters is 1. The predicted octanol–water partition coefficient (Wildman–Crippen LogP) is 3.37. The topological polar surface area (TPSA) is 52.6 Å². The largest absolute Gasteiger partial charge is 0.455 e. The third-order valence-electron chi connectivity index (χ3n) is 2.90. The average Bonchev–Trinajstić information content (AvgIpc) is 2.55. The van der Waals surface area contributed by atoms with Gasteiger partial charge in [-0.05, 0) is 24.3 Å². The Bertz CT molecular complexity index is 659. The summed E-state index contributed by atoms with van der Waals surface area (Å²) in [5.74, 6) is -0.101. The van der Waals surface area contributed by atoms with Crippen LogP contribution in [0.1, 0.15) is 22.8 Å². The quantitative estimate of drug-likeness (QED) is 0.355. The summed E-state index contributed by atoms with van der Waals surface area (Å²) >= 11 is 0. The summed E-state index contributed by atoms with van der Waals surface area (Å²) in [6.07, 6.45) is 0.336. The summed E-state index contributed by atoms with van der Waals surface area (Å²) in [6, 6.07) is 15.7. The van der Waals surface area contributed by atoms with Crippen LogP contribution in [0.3, 0.4) is 0 Å². The highest BCUT2D eigenvalue weighted by atomic mass is 16.7. The molecule has 112 valence electrons. The van der Waals surface area contributed by atoms with Crippen molar-refractivity contribution in [2.45, 2.75) is 13.2 Å². The minimum atomic E-state index is -0.735. The maximum Gasteiger partial charge on any atom is 0.333 e. The highest BCUT2D eigenvalue weighted by Crippen LogP contribution is 2.17. The molecule has 0 N–H and O–H groups in total.